The Hall–Kier alpha value is -3.37. The number of ether oxygens (including phenoxy) is 2. The summed E-state index contributed by atoms with van der Waals surface area (Å²) in [7, 11) is 0. The van der Waals surface area contributed by atoms with Crippen molar-refractivity contribution in [3.05, 3.63) is 71.8 Å². The number of hydrogen-bond acceptors (Lipinski definition) is 5. The van der Waals surface area contributed by atoms with Crippen molar-refractivity contribution >= 4 is 12.0 Å². The number of nitriles is 1. The van der Waals surface area contributed by atoms with Gasteiger partial charge in [-0.25, -0.2) is 4.79 Å². The molecule has 0 fully saturated rings. The van der Waals surface area contributed by atoms with Crippen LogP contribution in [0.4, 0.5) is 4.79 Å². The summed E-state index contributed by atoms with van der Waals surface area (Å²) < 4.78 is 11.0. The number of carbonyl (C=O) groups is 2. The van der Waals surface area contributed by atoms with Crippen LogP contribution in [0.3, 0.4) is 0 Å². The Labute approximate surface area is 183 Å². The van der Waals surface area contributed by atoms with Crippen LogP contribution >= 0.6 is 0 Å². The number of benzene rings is 2. The summed E-state index contributed by atoms with van der Waals surface area (Å²) >= 11 is 0. The molecule has 0 spiro atoms. The van der Waals surface area contributed by atoms with Gasteiger partial charge < -0.3 is 20.1 Å². The van der Waals surface area contributed by atoms with E-state index < -0.39 is 23.8 Å². The second-order valence-corrected chi connectivity index (χ2v) is 7.77. The molecule has 2 amide bonds. The zero-order valence-corrected chi connectivity index (χ0v) is 18.1. The van der Waals surface area contributed by atoms with Crippen LogP contribution in [0.15, 0.2) is 60.7 Å². The third-order valence-corrected chi connectivity index (χ3v) is 4.45. The molecule has 7 nitrogen and oxygen atoms in total. The van der Waals surface area contributed by atoms with Crippen LogP contribution in [0.5, 0.6) is 0 Å². The van der Waals surface area contributed by atoms with E-state index >= 15 is 0 Å². The van der Waals surface area contributed by atoms with E-state index in [0.29, 0.717) is 6.42 Å². The molecule has 164 valence electrons. The van der Waals surface area contributed by atoms with Gasteiger partial charge in [0.1, 0.15) is 6.07 Å². The molecule has 0 bridgehead atoms. The van der Waals surface area contributed by atoms with Crippen molar-refractivity contribution in [3.63, 3.8) is 0 Å². The van der Waals surface area contributed by atoms with Crippen molar-refractivity contribution in [2.24, 2.45) is 5.92 Å². The molecule has 0 saturated carbocycles. The molecule has 7 heteroatoms. The van der Waals surface area contributed by atoms with E-state index in [0.717, 1.165) is 11.1 Å². The standard InChI is InChI=1S/C24H29N3O4/c1-18(2)14-21(31-23(29)26-15-19-10-6-4-7-11-19)22(28)27-24(3,17-25)30-16-20-12-8-5-9-13-20/h4-13,18,21H,14-16H2,1-3H3,(H,26,29)(H,27,28). The number of alkyl carbamates (subject to hydrolysis) is 1. The number of carbonyl (C=O) groups excluding carboxylic acids is 2. The maximum Gasteiger partial charge on any atom is 0.408 e. The van der Waals surface area contributed by atoms with Gasteiger partial charge in [0.25, 0.3) is 5.91 Å². The smallest absolute Gasteiger partial charge is 0.408 e. The topological polar surface area (TPSA) is 100 Å². The Morgan fingerprint density at radius 3 is 2.16 bits per heavy atom. The van der Waals surface area contributed by atoms with Crippen LogP contribution in [-0.2, 0) is 27.4 Å². The van der Waals surface area contributed by atoms with Crippen LogP contribution in [-0.4, -0.2) is 23.8 Å². The van der Waals surface area contributed by atoms with Gasteiger partial charge in [0.15, 0.2) is 6.10 Å². The Bertz CT molecular complexity index is 881. The van der Waals surface area contributed by atoms with E-state index in [9.17, 15) is 14.9 Å². The SMILES string of the molecule is CC(C)CC(OC(=O)NCc1ccccc1)C(=O)NC(C)(C#N)OCc1ccccc1. The molecule has 2 rings (SSSR count). The molecular formula is C24H29N3O4. The molecular weight excluding hydrogens is 394 g/mol. The van der Waals surface area contributed by atoms with Crippen LogP contribution < -0.4 is 10.6 Å². The van der Waals surface area contributed by atoms with Gasteiger partial charge in [0, 0.05) is 6.54 Å². The van der Waals surface area contributed by atoms with E-state index in [4.69, 9.17) is 9.47 Å². The van der Waals surface area contributed by atoms with Gasteiger partial charge in [0.2, 0.25) is 5.72 Å². The highest BCUT2D eigenvalue weighted by Crippen LogP contribution is 2.14. The predicted molar refractivity (Wildman–Crippen MR) is 116 cm³/mol. The lowest BCUT2D eigenvalue weighted by atomic mass is 10.0. The number of rotatable bonds is 10. The Morgan fingerprint density at radius 1 is 1.03 bits per heavy atom. The van der Waals surface area contributed by atoms with E-state index in [-0.39, 0.29) is 19.1 Å². The van der Waals surface area contributed by atoms with Crippen molar-refractivity contribution in [1.29, 1.82) is 5.26 Å². The molecule has 0 heterocycles. The molecule has 0 aliphatic carbocycles. The summed E-state index contributed by atoms with van der Waals surface area (Å²) in [6, 6.07) is 20.7. The van der Waals surface area contributed by atoms with E-state index in [2.05, 4.69) is 10.6 Å². The van der Waals surface area contributed by atoms with Gasteiger partial charge in [-0.05, 0) is 30.4 Å². The zero-order valence-electron chi connectivity index (χ0n) is 18.1. The van der Waals surface area contributed by atoms with Crippen molar-refractivity contribution in [2.45, 2.75) is 52.2 Å². The van der Waals surface area contributed by atoms with E-state index in [1.165, 1.54) is 6.92 Å². The summed E-state index contributed by atoms with van der Waals surface area (Å²) in [6.07, 6.45) is -1.44. The fraction of sp³-hybridized carbons (Fsp3) is 0.375. The third kappa shape index (κ3) is 8.49. The minimum Gasteiger partial charge on any atom is -0.436 e. The van der Waals surface area contributed by atoms with Gasteiger partial charge in [-0.2, -0.15) is 5.26 Å². The number of hydrogen-bond donors (Lipinski definition) is 2. The normalized spacial score (nSPS) is 13.5. The molecule has 0 saturated heterocycles. The zero-order chi connectivity index (χ0) is 22.7. The molecule has 2 atom stereocenters. The average molecular weight is 424 g/mol. The Balaban J connectivity index is 1.96. The van der Waals surface area contributed by atoms with Crippen LogP contribution in [0.2, 0.25) is 0 Å². The fourth-order valence-electron chi connectivity index (χ4n) is 2.79. The van der Waals surface area contributed by atoms with Crippen molar-refractivity contribution in [2.75, 3.05) is 0 Å². The summed E-state index contributed by atoms with van der Waals surface area (Å²) in [5, 5.41) is 14.8. The minimum absolute atomic E-state index is 0.0938. The highest BCUT2D eigenvalue weighted by molar-refractivity contribution is 5.84. The fourth-order valence-corrected chi connectivity index (χ4v) is 2.79. The maximum atomic E-state index is 12.8. The molecule has 0 radical (unpaired) electrons. The molecule has 31 heavy (non-hydrogen) atoms. The van der Waals surface area contributed by atoms with Crippen molar-refractivity contribution in [1.82, 2.24) is 10.6 Å². The molecule has 2 aromatic rings. The number of nitrogens with zero attached hydrogens (tertiary/aromatic N) is 1. The minimum atomic E-state index is -1.56. The highest BCUT2D eigenvalue weighted by atomic mass is 16.6. The largest absolute Gasteiger partial charge is 0.436 e. The molecule has 2 N–H and O–H groups in total. The summed E-state index contributed by atoms with van der Waals surface area (Å²) in [5.41, 5.74) is 0.218. The summed E-state index contributed by atoms with van der Waals surface area (Å²) in [4.78, 5) is 25.1. The number of amides is 2. The lowest BCUT2D eigenvalue weighted by Gasteiger charge is -2.27. The second kappa shape index (κ2) is 11.7. The van der Waals surface area contributed by atoms with Crippen LogP contribution in [0.1, 0.15) is 38.3 Å². The first-order chi connectivity index (χ1) is 14.8. The van der Waals surface area contributed by atoms with Gasteiger partial charge in [-0.15, -0.1) is 0 Å². The lowest BCUT2D eigenvalue weighted by Crippen LogP contribution is -2.52. The monoisotopic (exact) mass is 423 g/mol. The molecule has 0 aromatic heterocycles. The van der Waals surface area contributed by atoms with Gasteiger partial charge in [-0.3, -0.25) is 4.79 Å². The second-order valence-electron chi connectivity index (χ2n) is 7.77. The number of nitrogens with one attached hydrogen (secondary N) is 2. The Morgan fingerprint density at radius 2 is 1.61 bits per heavy atom. The Kier molecular flexibility index (Phi) is 9.04. The van der Waals surface area contributed by atoms with Gasteiger partial charge >= 0.3 is 6.09 Å². The molecule has 2 unspecified atom stereocenters. The van der Waals surface area contributed by atoms with Gasteiger partial charge in [-0.1, -0.05) is 74.5 Å². The quantitative estimate of drug-likeness (QED) is 0.565. The molecule has 2 aromatic carbocycles. The average Bonchev–Trinajstić information content (AvgIpc) is 2.77. The van der Waals surface area contributed by atoms with E-state index in [1.807, 2.05) is 80.6 Å². The first-order valence-electron chi connectivity index (χ1n) is 10.2. The summed E-state index contributed by atoms with van der Waals surface area (Å²) in [6.45, 7) is 5.74. The van der Waals surface area contributed by atoms with Crippen molar-refractivity contribution in [3.8, 4) is 6.07 Å². The van der Waals surface area contributed by atoms with Crippen LogP contribution in [0.25, 0.3) is 0 Å². The molecule has 0 aliphatic heterocycles. The lowest BCUT2D eigenvalue weighted by molar-refractivity contribution is -0.138. The van der Waals surface area contributed by atoms with E-state index in [1.54, 1.807) is 0 Å². The predicted octanol–water partition coefficient (Wildman–Crippen LogP) is 3.90. The first-order valence-corrected chi connectivity index (χ1v) is 10.2. The highest BCUT2D eigenvalue weighted by Gasteiger charge is 2.33. The van der Waals surface area contributed by atoms with Crippen LogP contribution in [0, 0.1) is 17.2 Å². The van der Waals surface area contributed by atoms with Crippen molar-refractivity contribution < 1.29 is 19.1 Å². The van der Waals surface area contributed by atoms with Gasteiger partial charge in [0.05, 0.1) is 6.61 Å². The molecule has 0 aliphatic rings. The maximum absolute atomic E-state index is 12.8. The third-order valence-electron chi connectivity index (χ3n) is 4.45. The summed E-state index contributed by atoms with van der Waals surface area (Å²) in [5.74, 6) is -0.489. The first kappa shape index (κ1) is 23.9.